The van der Waals surface area contributed by atoms with Gasteiger partial charge in [-0.15, -0.1) is 0 Å². The molecule has 0 aromatic heterocycles. The van der Waals surface area contributed by atoms with Gasteiger partial charge in [0.25, 0.3) is 0 Å². The highest BCUT2D eigenvalue weighted by molar-refractivity contribution is 4.95. The molecule has 0 aliphatic heterocycles. The van der Waals surface area contributed by atoms with Gasteiger partial charge in [0.05, 0.1) is 12.7 Å². The molecule has 2 atom stereocenters. The molecule has 0 aliphatic carbocycles. The molecule has 21 heavy (non-hydrogen) atoms. The van der Waals surface area contributed by atoms with E-state index in [1.807, 2.05) is 0 Å². The van der Waals surface area contributed by atoms with Crippen molar-refractivity contribution in [2.75, 3.05) is 6.61 Å². The number of aliphatic hydroxyl groups excluding tert-OH is 2. The van der Waals surface area contributed by atoms with Crippen molar-refractivity contribution in [1.29, 1.82) is 0 Å². The molecule has 126 valence electrons. The lowest BCUT2D eigenvalue weighted by molar-refractivity contribution is 0.206. The Morgan fingerprint density at radius 3 is 1.76 bits per heavy atom. The highest BCUT2D eigenvalue weighted by Gasteiger charge is 2.00. The third-order valence-corrected chi connectivity index (χ3v) is 3.89. The molecule has 0 amide bonds. The van der Waals surface area contributed by atoms with Gasteiger partial charge in [0.2, 0.25) is 0 Å². The van der Waals surface area contributed by atoms with Gasteiger partial charge in [-0.2, -0.15) is 0 Å². The summed E-state index contributed by atoms with van der Waals surface area (Å²) in [5, 5.41) is 18.5. The van der Waals surface area contributed by atoms with Crippen LogP contribution in [0.5, 0.6) is 0 Å². The van der Waals surface area contributed by atoms with Crippen LogP contribution in [0.3, 0.4) is 0 Å². The van der Waals surface area contributed by atoms with Crippen molar-refractivity contribution in [3.8, 4) is 0 Å². The first kappa shape index (κ1) is 20.6. The first-order valence-corrected chi connectivity index (χ1v) is 8.93. The summed E-state index contributed by atoms with van der Waals surface area (Å²) in [7, 11) is 0. The molecule has 0 spiro atoms. The summed E-state index contributed by atoms with van der Waals surface area (Å²) < 4.78 is 0. The Morgan fingerprint density at radius 1 is 0.810 bits per heavy atom. The van der Waals surface area contributed by atoms with Gasteiger partial charge in [-0.05, 0) is 6.42 Å². The summed E-state index contributed by atoms with van der Waals surface area (Å²) in [5.74, 6) is 0. The van der Waals surface area contributed by atoms with E-state index >= 15 is 0 Å². The summed E-state index contributed by atoms with van der Waals surface area (Å²) in [4.78, 5) is 0. The van der Waals surface area contributed by atoms with Crippen LogP contribution in [0.25, 0.3) is 0 Å². The van der Waals surface area contributed by atoms with Crippen molar-refractivity contribution in [3.63, 3.8) is 0 Å². The van der Waals surface area contributed by atoms with Crippen molar-refractivity contribution in [1.82, 2.24) is 0 Å². The number of rotatable bonds is 15. The Morgan fingerprint density at radius 2 is 1.29 bits per heavy atom. The zero-order valence-corrected chi connectivity index (χ0v) is 14.0. The van der Waals surface area contributed by atoms with E-state index in [4.69, 9.17) is 10.8 Å². The molecule has 0 aromatic carbocycles. The van der Waals surface area contributed by atoms with Crippen LogP contribution in [-0.4, -0.2) is 29.0 Å². The van der Waals surface area contributed by atoms with Crippen molar-refractivity contribution in [2.24, 2.45) is 5.73 Å². The number of hydrogen-bond donors (Lipinski definition) is 3. The first-order chi connectivity index (χ1) is 10.2. The second kappa shape index (κ2) is 16.0. The SMILES string of the molecule is CCCCCCCCCCCCCC(O)/C=C/[C@@H](N)CO. The number of nitrogens with two attached hydrogens (primary N) is 1. The molecule has 0 saturated heterocycles. The standard InChI is InChI=1S/C18H37NO2/c1-2-3-4-5-6-7-8-9-10-11-12-13-18(21)15-14-17(19)16-20/h14-15,17-18,20-21H,2-13,16,19H2,1H3/b15-14+/t17-,18?/m1/s1. The van der Waals surface area contributed by atoms with E-state index in [2.05, 4.69) is 6.92 Å². The number of hydrogen-bond acceptors (Lipinski definition) is 3. The monoisotopic (exact) mass is 299 g/mol. The summed E-state index contributed by atoms with van der Waals surface area (Å²) in [5.41, 5.74) is 5.53. The molecule has 4 N–H and O–H groups in total. The van der Waals surface area contributed by atoms with Gasteiger partial charge in [0.1, 0.15) is 0 Å². The topological polar surface area (TPSA) is 66.5 Å². The fraction of sp³-hybridized carbons (Fsp3) is 0.889. The average molecular weight is 299 g/mol. The largest absolute Gasteiger partial charge is 0.394 e. The lowest BCUT2D eigenvalue weighted by atomic mass is 10.0. The van der Waals surface area contributed by atoms with Crippen LogP contribution in [0.2, 0.25) is 0 Å². The predicted octanol–water partition coefficient (Wildman–Crippen LogP) is 3.92. The van der Waals surface area contributed by atoms with Crippen LogP contribution in [0.15, 0.2) is 12.2 Å². The third-order valence-electron chi connectivity index (χ3n) is 3.89. The highest BCUT2D eigenvalue weighted by Crippen LogP contribution is 2.12. The second-order valence-electron chi connectivity index (χ2n) is 6.12. The van der Waals surface area contributed by atoms with Gasteiger partial charge in [-0.25, -0.2) is 0 Å². The van der Waals surface area contributed by atoms with Gasteiger partial charge in [-0.3, -0.25) is 0 Å². The number of aliphatic hydroxyl groups is 2. The van der Waals surface area contributed by atoms with E-state index in [1.54, 1.807) is 12.2 Å². The Kier molecular flexibility index (Phi) is 15.7. The molecule has 0 aromatic rings. The molecule has 3 heteroatoms. The molecule has 0 bridgehead atoms. The zero-order chi connectivity index (χ0) is 15.8. The molecule has 0 radical (unpaired) electrons. The average Bonchev–Trinajstić information content (AvgIpc) is 2.50. The maximum Gasteiger partial charge on any atom is 0.0721 e. The number of unbranched alkanes of at least 4 members (excludes halogenated alkanes) is 10. The third kappa shape index (κ3) is 15.8. The van der Waals surface area contributed by atoms with E-state index < -0.39 is 6.10 Å². The molecule has 0 saturated carbocycles. The van der Waals surface area contributed by atoms with E-state index in [1.165, 1.54) is 64.2 Å². The lowest BCUT2D eigenvalue weighted by Gasteiger charge is -2.07. The van der Waals surface area contributed by atoms with Crippen molar-refractivity contribution < 1.29 is 10.2 Å². The minimum absolute atomic E-state index is 0.0678. The van der Waals surface area contributed by atoms with Crippen molar-refractivity contribution >= 4 is 0 Å². The first-order valence-electron chi connectivity index (χ1n) is 8.93. The van der Waals surface area contributed by atoms with Crippen molar-refractivity contribution in [2.45, 2.75) is 96.1 Å². The molecule has 3 nitrogen and oxygen atoms in total. The molecule has 0 fully saturated rings. The van der Waals surface area contributed by atoms with Crippen LogP contribution < -0.4 is 5.73 Å². The highest BCUT2D eigenvalue weighted by atomic mass is 16.3. The normalized spacial score (nSPS) is 14.7. The summed E-state index contributed by atoms with van der Waals surface area (Å²) in [6, 6.07) is -0.350. The van der Waals surface area contributed by atoms with E-state index in [0.29, 0.717) is 0 Å². The Balaban J connectivity index is 3.23. The fourth-order valence-electron chi connectivity index (χ4n) is 2.45. The van der Waals surface area contributed by atoms with Gasteiger partial charge >= 0.3 is 0 Å². The van der Waals surface area contributed by atoms with E-state index in [-0.39, 0.29) is 12.6 Å². The van der Waals surface area contributed by atoms with Crippen LogP contribution in [-0.2, 0) is 0 Å². The maximum absolute atomic E-state index is 9.71. The predicted molar refractivity (Wildman–Crippen MR) is 91.3 cm³/mol. The zero-order valence-electron chi connectivity index (χ0n) is 14.0. The molecular formula is C18H37NO2. The Hall–Kier alpha value is -0.380. The lowest BCUT2D eigenvalue weighted by Crippen LogP contribution is -2.21. The molecule has 0 rings (SSSR count). The molecular weight excluding hydrogens is 262 g/mol. The van der Waals surface area contributed by atoms with Crippen LogP contribution in [0.4, 0.5) is 0 Å². The minimum atomic E-state index is -0.416. The van der Waals surface area contributed by atoms with Crippen LogP contribution in [0, 0.1) is 0 Å². The minimum Gasteiger partial charge on any atom is -0.394 e. The van der Waals surface area contributed by atoms with Crippen LogP contribution in [0.1, 0.15) is 84.0 Å². The fourth-order valence-corrected chi connectivity index (χ4v) is 2.45. The summed E-state index contributed by atoms with van der Waals surface area (Å²) in [6.07, 6.45) is 18.3. The Labute approximate surface area is 131 Å². The van der Waals surface area contributed by atoms with Gasteiger partial charge in [0.15, 0.2) is 0 Å². The maximum atomic E-state index is 9.71. The van der Waals surface area contributed by atoms with Crippen molar-refractivity contribution in [3.05, 3.63) is 12.2 Å². The molecule has 0 aliphatic rings. The summed E-state index contributed by atoms with van der Waals surface area (Å²) >= 11 is 0. The van der Waals surface area contributed by atoms with E-state index in [0.717, 1.165) is 12.8 Å². The summed E-state index contributed by atoms with van der Waals surface area (Å²) in [6.45, 7) is 2.19. The molecule has 0 heterocycles. The van der Waals surface area contributed by atoms with E-state index in [9.17, 15) is 5.11 Å². The smallest absolute Gasteiger partial charge is 0.0721 e. The second-order valence-corrected chi connectivity index (χ2v) is 6.12. The van der Waals surface area contributed by atoms with Gasteiger partial charge in [-0.1, -0.05) is 89.7 Å². The molecule has 1 unspecified atom stereocenters. The van der Waals surface area contributed by atoms with Crippen LogP contribution >= 0.6 is 0 Å². The van der Waals surface area contributed by atoms with Gasteiger partial charge in [0, 0.05) is 6.04 Å². The quantitative estimate of drug-likeness (QED) is 0.317. The Bertz CT molecular complexity index is 231. The van der Waals surface area contributed by atoms with Gasteiger partial charge < -0.3 is 15.9 Å².